The summed E-state index contributed by atoms with van der Waals surface area (Å²) in [7, 11) is 1.57. The first-order valence-electron chi connectivity index (χ1n) is 9.67. The summed E-state index contributed by atoms with van der Waals surface area (Å²) in [6, 6.07) is 12.9. The maximum atomic E-state index is 14.0. The van der Waals surface area contributed by atoms with Crippen molar-refractivity contribution in [2.24, 2.45) is 0 Å². The molecule has 0 spiro atoms. The van der Waals surface area contributed by atoms with E-state index in [1.807, 2.05) is 4.90 Å². The quantitative estimate of drug-likeness (QED) is 0.594. The zero-order chi connectivity index (χ0) is 21.8. The van der Waals surface area contributed by atoms with Crippen molar-refractivity contribution in [3.8, 4) is 17.4 Å². The van der Waals surface area contributed by atoms with E-state index in [0.29, 0.717) is 43.3 Å². The average molecular weight is 443 g/mol. The van der Waals surface area contributed by atoms with Gasteiger partial charge in [0, 0.05) is 42.8 Å². The van der Waals surface area contributed by atoms with E-state index in [-0.39, 0.29) is 22.6 Å². The van der Waals surface area contributed by atoms with Crippen LogP contribution < -0.4 is 14.4 Å². The number of rotatable bonds is 5. The van der Waals surface area contributed by atoms with Crippen LogP contribution in [0.1, 0.15) is 10.4 Å². The second-order valence-corrected chi connectivity index (χ2v) is 7.34. The summed E-state index contributed by atoms with van der Waals surface area (Å²) in [5.41, 5.74) is 0.593. The standard InChI is InChI=1S/C22H20ClFN4O3/c1-30-17-4-2-3-15(11-17)22(29)28-9-7-27(8-10-28)20-13-21(26-14-25-20)31-19-6-5-16(23)12-18(19)24/h2-6,11-14H,7-10H2,1H3. The maximum Gasteiger partial charge on any atom is 0.254 e. The monoisotopic (exact) mass is 442 g/mol. The topological polar surface area (TPSA) is 67.8 Å². The van der Waals surface area contributed by atoms with Crippen LogP contribution >= 0.6 is 11.6 Å². The molecule has 9 heteroatoms. The number of aromatic nitrogens is 2. The van der Waals surface area contributed by atoms with Crippen LogP contribution in [0.5, 0.6) is 17.4 Å². The minimum atomic E-state index is -0.572. The number of benzene rings is 2. The third-order valence-electron chi connectivity index (χ3n) is 4.94. The van der Waals surface area contributed by atoms with Gasteiger partial charge in [-0.3, -0.25) is 4.79 Å². The lowest BCUT2D eigenvalue weighted by Crippen LogP contribution is -2.49. The second-order valence-electron chi connectivity index (χ2n) is 6.90. The SMILES string of the molecule is COc1cccc(C(=O)N2CCN(c3cc(Oc4ccc(Cl)cc4F)ncn3)CC2)c1. The molecule has 31 heavy (non-hydrogen) atoms. The van der Waals surface area contributed by atoms with E-state index in [9.17, 15) is 9.18 Å². The lowest BCUT2D eigenvalue weighted by molar-refractivity contribution is 0.0746. The Morgan fingerprint density at radius 2 is 1.87 bits per heavy atom. The van der Waals surface area contributed by atoms with E-state index in [0.717, 1.165) is 0 Å². The number of ether oxygens (including phenoxy) is 2. The molecule has 2 aromatic carbocycles. The Morgan fingerprint density at radius 3 is 2.61 bits per heavy atom. The van der Waals surface area contributed by atoms with Gasteiger partial charge >= 0.3 is 0 Å². The largest absolute Gasteiger partial charge is 0.497 e. The van der Waals surface area contributed by atoms with Crippen LogP contribution in [-0.2, 0) is 0 Å². The van der Waals surface area contributed by atoms with Gasteiger partial charge in [-0.15, -0.1) is 0 Å². The Kier molecular flexibility index (Phi) is 6.18. The molecule has 0 unspecified atom stereocenters. The molecule has 1 fully saturated rings. The van der Waals surface area contributed by atoms with Crippen LogP contribution in [0, 0.1) is 5.82 Å². The van der Waals surface area contributed by atoms with E-state index < -0.39 is 5.82 Å². The van der Waals surface area contributed by atoms with E-state index in [1.165, 1.54) is 18.5 Å². The number of anilines is 1. The highest BCUT2D eigenvalue weighted by molar-refractivity contribution is 6.30. The van der Waals surface area contributed by atoms with Gasteiger partial charge in [0.1, 0.15) is 17.9 Å². The van der Waals surface area contributed by atoms with Crippen LogP contribution in [0.15, 0.2) is 54.9 Å². The van der Waals surface area contributed by atoms with Crippen molar-refractivity contribution in [3.05, 3.63) is 71.3 Å². The molecule has 0 aliphatic carbocycles. The van der Waals surface area contributed by atoms with Crippen molar-refractivity contribution in [2.45, 2.75) is 0 Å². The molecule has 1 aliphatic heterocycles. The Bertz CT molecular complexity index is 1090. The maximum absolute atomic E-state index is 14.0. The van der Waals surface area contributed by atoms with Crippen LogP contribution in [-0.4, -0.2) is 54.1 Å². The molecule has 1 aliphatic rings. The number of amides is 1. The smallest absolute Gasteiger partial charge is 0.254 e. The highest BCUT2D eigenvalue weighted by atomic mass is 35.5. The van der Waals surface area contributed by atoms with Crippen LogP contribution in [0.3, 0.4) is 0 Å². The number of piperazine rings is 1. The summed E-state index contributed by atoms with van der Waals surface area (Å²) in [5, 5.41) is 0.287. The number of methoxy groups -OCH3 is 1. The molecule has 0 saturated carbocycles. The molecule has 2 heterocycles. The molecule has 7 nitrogen and oxygen atoms in total. The van der Waals surface area contributed by atoms with Gasteiger partial charge in [-0.2, -0.15) is 0 Å². The van der Waals surface area contributed by atoms with Gasteiger partial charge in [0.25, 0.3) is 5.91 Å². The summed E-state index contributed by atoms with van der Waals surface area (Å²) < 4.78 is 24.7. The van der Waals surface area contributed by atoms with Gasteiger partial charge < -0.3 is 19.3 Å². The summed E-state index contributed by atoms with van der Waals surface area (Å²) in [6.45, 7) is 2.28. The number of carbonyl (C=O) groups excluding carboxylic acids is 1. The van der Waals surface area contributed by atoms with Crippen LogP contribution in [0.4, 0.5) is 10.2 Å². The van der Waals surface area contributed by atoms with Gasteiger partial charge in [0.2, 0.25) is 5.88 Å². The Labute approximate surface area is 184 Å². The number of hydrogen-bond acceptors (Lipinski definition) is 6. The van der Waals surface area contributed by atoms with E-state index in [2.05, 4.69) is 9.97 Å². The molecule has 1 saturated heterocycles. The van der Waals surface area contributed by atoms with E-state index in [1.54, 1.807) is 48.4 Å². The molecule has 1 amide bonds. The van der Waals surface area contributed by atoms with Crippen molar-refractivity contribution < 1.29 is 18.7 Å². The molecule has 0 atom stereocenters. The lowest BCUT2D eigenvalue weighted by Gasteiger charge is -2.35. The summed E-state index contributed by atoms with van der Waals surface area (Å²) in [6.07, 6.45) is 1.37. The van der Waals surface area contributed by atoms with Gasteiger partial charge in [-0.05, 0) is 36.4 Å². The van der Waals surface area contributed by atoms with Crippen molar-refractivity contribution in [1.82, 2.24) is 14.9 Å². The fourth-order valence-corrected chi connectivity index (χ4v) is 3.47. The molecule has 3 aromatic rings. The Balaban J connectivity index is 1.40. The molecule has 4 rings (SSSR count). The van der Waals surface area contributed by atoms with Crippen LogP contribution in [0.25, 0.3) is 0 Å². The number of halogens is 2. The first-order valence-corrected chi connectivity index (χ1v) is 10.0. The number of hydrogen-bond donors (Lipinski definition) is 0. The molecule has 1 aromatic heterocycles. The zero-order valence-electron chi connectivity index (χ0n) is 16.8. The normalized spacial score (nSPS) is 13.8. The number of nitrogens with zero attached hydrogens (tertiary/aromatic N) is 4. The molecular weight excluding hydrogens is 423 g/mol. The third kappa shape index (κ3) is 4.86. The molecular formula is C22H20ClFN4O3. The fourth-order valence-electron chi connectivity index (χ4n) is 3.31. The third-order valence-corrected chi connectivity index (χ3v) is 5.18. The highest BCUT2D eigenvalue weighted by Crippen LogP contribution is 2.27. The van der Waals surface area contributed by atoms with Gasteiger partial charge in [-0.1, -0.05) is 17.7 Å². The summed E-state index contributed by atoms with van der Waals surface area (Å²) >= 11 is 5.77. The first-order chi connectivity index (χ1) is 15.0. The summed E-state index contributed by atoms with van der Waals surface area (Å²) in [5.74, 6) is 0.938. The fraction of sp³-hybridized carbons (Fsp3) is 0.227. The van der Waals surface area contributed by atoms with Crippen LogP contribution in [0.2, 0.25) is 5.02 Å². The van der Waals surface area contributed by atoms with Gasteiger partial charge in [0.15, 0.2) is 11.6 Å². The van der Waals surface area contributed by atoms with Crippen molar-refractivity contribution in [2.75, 3.05) is 38.2 Å². The number of carbonyl (C=O) groups is 1. The molecule has 0 radical (unpaired) electrons. The molecule has 0 bridgehead atoms. The molecule has 0 N–H and O–H groups in total. The predicted molar refractivity (Wildman–Crippen MR) is 115 cm³/mol. The summed E-state index contributed by atoms with van der Waals surface area (Å²) in [4.78, 5) is 25.0. The van der Waals surface area contributed by atoms with E-state index in [4.69, 9.17) is 21.1 Å². The van der Waals surface area contributed by atoms with Crippen molar-refractivity contribution in [1.29, 1.82) is 0 Å². The minimum Gasteiger partial charge on any atom is -0.497 e. The minimum absolute atomic E-state index is 0.0303. The Morgan fingerprint density at radius 1 is 1.06 bits per heavy atom. The van der Waals surface area contributed by atoms with Gasteiger partial charge in [-0.25, -0.2) is 14.4 Å². The van der Waals surface area contributed by atoms with E-state index >= 15 is 0 Å². The van der Waals surface area contributed by atoms with Crippen molar-refractivity contribution >= 4 is 23.3 Å². The molecule has 160 valence electrons. The first kappa shape index (κ1) is 20.9. The second kappa shape index (κ2) is 9.18. The average Bonchev–Trinajstić information content (AvgIpc) is 2.81. The Hall–Kier alpha value is -3.39. The highest BCUT2D eigenvalue weighted by Gasteiger charge is 2.23. The van der Waals surface area contributed by atoms with Gasteiger partial charge in [0.05, 0.1) is 7.11 Å². The van der Waals surface area contributed by atoms with Crippen molar-refractivity contribution in [3.63, 3.8) is 0 Å². The zero-order valence-corrected chi connectivity index (χ0v) is 17.6. The predicted octanol–water partition coefficient (Wildman–Crippen LogP) is 4.03. The lowest BCUT2D eigenvalue weighted by atomic mass is 10.1.